The lowest BCUT2D eigenvalue weighted by atomic mass is 9.44. The summed E-state index contributed by atoms with van der Waals surface area (Å²) in [6, 6.07) is 0. The third-order valence-corrected chi connectivity index (χ3v) is 9.59. The van der Waals surface area contributed by atoms with E-state index in [1.54, 1.807) is 0 Å². The van der Waals surface area contributed by atoms with E-state index in [0.717, 1.165) is 51.0 Å². The van der Waals surface area contributed by atoms with Gasteiger partial charge in [0, 0.05) is 24.2 Å². The van der Waals surface area contributed by atoms with Crippen molar-refractivity contribution in [1.29, 1.82) is 0 Å². The van der Waals surface area contributed by atoms with Gasteiger partial charge >= 0.3 is 0 Å². The van der Waals surface area contributed by atoms with E-state index in [0.29, 0.717) is 29.3 Å². The summed E-state index contributed by atoms with van der Waals surface area (Å²) in [5.74, 6) is 3.66. The maximum absolute atomic E-state index is 13.3. The number of ketones is 2. The molecule has 0 aliphatic heterocycles. The summed E-state index contributed by atoms with van der Waals surface area (Å²) in [5, 5.41) is 0. The molecule has 4 aliphatic rings. The molecule has 0 radical (unpaired) electrons. The fraction of sp³-hybridized carbons (Fsp3) is 0.917. The minimum absolute atomic E-state index is 0. The Bertz CT molecular complexity index is 607. The molecule has 0 aromatic carbocycles. The maximum Gasteiger partial charge on any atom is 0.139 e. The summed E-state index contributed by atoms with van der Waals surface area (Å²) >= 11 is 0. The fourth-order valence-electron chi connectivity index (χ4n) is 7.91. The van der Waals surface area contributed by atoms with Crippen molar-refractivity contribution in [3.05, 3.63) is 0 Å². The van der Waals surface area contributed by atoms with Crippen LogP contribution < -0.4 is 5.73 Å². The molecule has 4 heteroatoms. The van der Waals surface area contributed by atoms with Crippen molar-refractivity contribution < 1.29 is 9.59 Å². The largest absolute Gasteiger partial charge is 0.330 e. The lowest BCUT2D eigenvalue weighted by Crippen LogP contribution is -2.56. The van der Waals surface area contributed by atoms with Crippen LogP contribution in [0.4, 0.5) is 0 Å². The van der Waals surface area contributed by atoms with Gasteiger partial charge in [-0.3, -0.25) is 9.59 Å². The molecule has 4 rings (SSSR count). The van der Waals surface area contributed by atoms with Crippen LogP contribution in [-0.2, 0) is 9.59 Å². The van der Waals surface area contributed by atoms with Crippen molar-refractivity contribution >= 4 is 24.0 Å². The van der Waals surface area contributed by atoms with Gasteiger partial charge in [-0.25, -0.2) is 0 Å². The van der Waals surface area contributed by atoms with Crippen LogP contribution in [0, 0.1) is 40.4 Å². The lowest BCUT2D eigenvalue weighted by Gasteiger charge is -2.59. The van der Waals surface area contributed by atoms with Crippen LogP contribution in [0.2, 0.25) is 0 Å². The topological polar surface area (TPSA) is 60.2 Å². The highest BCUT2D eigenvalue weighted by Crippen LogP contribution is 2.65. The molecule has 0 aromatic rings. The van der Waals surface area contributed by atoms with Gasteiger partial charge in [0.15, 0.2) is 0 Å². The smallest absolute Gasteiger partial charge is 0.139 e. The zero-order valence-corrected chi connectivity index (χ0v) is 18.7. The summed E-state index contributed by atoms with van der Waals surface area (Å²) in [4.78, 5) is 25.8. The Hall–Kier alpha value is -0.410. The predicted molar refractivity (Wildman–Crippen MR) is 115 cm³/mol. The zero-order valence-electron chi connectivity index (χ0n) is 17.9. The first kappa shape index (κ1) is 22.3. The van der Waals surface area contributed by atoms with Gasteiger partial charge in [0.1, 0.15) is 11.6 Å². The van der Waals surface area contributed by atoms with E-state index in [1.165, 1.54) is 38.5 Å². The SMILES string of the molecule is C[C@]12CCC(CCCCCN)C[C@@H]1C(=O)C[C@@H]1[C@@H]2CC[C@]2(C)C(=O)CC[C@@H]12.Cl. The van der Waals surface area contributed by atoms with Gasteiger partial charge in [-0.1, -0.05) is 33.1 Å². The minimum Gasteiger partial charge on any atom is -0.330 e. The first-order valence-electron chi connectivity index (χ1n) is 11.7. The average Bonchev–Trinajstić information content (AvgIpc) is 2.95. The first-order valence-corrected chi connectivity index (χ1v) is 11.7. The summed E-state index contributed by atoms with van der Waals surface area (Å²) in [6.07, 6.45) is 13.4. The zero-order chi connectivity index (χ0) is 19.2. The Morgan fingerprint density at radius 2 is 1.79 bits per heavy atom. The normalized spacial score (nSPS) is 45.0. The second-order valence-corrected chi connectivity index (χ2v) is 10.8. The number of rotatable bonds is 5. The number of Topliss-reactive ketones (excluding diaryl/α,β-unsaturated/α-hetero) is 2. The number of halogens is 1. The van der Waals surface area contributed by atoms with E-state index in [-0.39, 0.29) is 29.2 Å². The van der Waals surface area contributed by atoms with Gasteiger partial charge in [0.25, 0.3) is 0 Å². The number of carbonyl (C=O) groups is 2. The Kier molecular flexibility index (Phi) is 6.67. The van der Waals surface area contributed by atoms with Crippen LogP contribution in [0.5, 0.6) is 0 Å². The third kappa shape index (κ3) is 3.49. The molecule has 4 saturated carbocycles. The van der Waals surface area contributed by atoms with Gasteiger partial charge in [-0.2, -0.15) is 0 Å². The molecule has 1 unspecified atom stereocenters. The molecular weight excluding hydrogens is 370 g/mol. The van der Waals surface area contributed by atoms with Gasteiger partial charge in [0.2, 0.25) is 0 Å². The van der Waals surface area contributed by atoms with E-state index in [2.05, 4.69) is 13.8 Å². The molecule has 0 bridgehead atoms. The van der Waals surface area contributed by atoms with E-state index in [9.17, 15) is 9.59 Å². The van der Waals surface area contributed by atoms with Crippen molar-refractivity contribution in [1.82, 2.24) is 0 Å². The molecule has 3 nitrogen and oxygen atoms in total. The van der Waals surface area contributed by atoms with Crippen LogP contribution >= 0.6 is 12.4 Å². The molecule has 0 saturated heterocycles. The maximum atomic E-state index is 13.3. The Labute approximate surface area is 177 Å². The van der Waals surface area contributed by atoms with Gasteiger partial charge in [-0.05, 0) is 80.6 Å². The molecule has 160 valence electrons. The molecule has 28 heavy (non-hydrogen) atoms. The van der Waals surface area contributed by atoms with Crippen molar-refractivity contribution in [2.75, 3.05) is 6.54 Å². The van der Waals surface area contributed by atoms with Crippen LogP contribution in [0.25, 0.3) is 0 Å². The molecule has 4 fully saturated rings. The van der Waals surface area contributed by atoms with Crippen LogP contribution in [0.15, 0.2) is 0 Å². The molecule has 0 spiro atoms. The second-order valence-electron chi connectivity index (χ2n) is 10.8. The third-order valence-electron chi connectivity index (χ3n) is 9.59. The van der Waals surface area contributed by atoms with E-state index < -0.39 is 0 Å². The quantitative estimate of drug-likeness (QED) is 0.624. The molecule has 0 aromatic heterocycles. The number of unbranched alkanes of at least 4 members (excludes halogenated alkanes) is 2. The summed E-state index contributed by atoms with van der Waals surface area (Å²) in [6.45, 7) is 5.45. The number of hydrogen-bond acceptors (Lipinski definition) is 3. The summed E-state index contributed by atoms with van der Waals surface area (Å²) in [7, 11) is 0. The average molecular weight is 410 g/mol. The monoisotopic (exact) mass is 409 g/mol. The van der Waals surface area contributed by atoms with Gasteiger partial charge in [0.05, 0.1) is 0 Å². The molecule has 0 heterocycles. The van der Waals surface area contributed by atoms with Crippen molar-refractivity contribution in [2.24, 2.45) is 46.2 Å². The second kappa shape index (κ2) is 8.38. The fourth-order valence-corrected chi connectivity index (χ4v) is 7.91. The Balaban J connectivity index is 0.00000225. The number of carbonyl (C=O) groups excluding carboxylic acids is 2. The highest BCUT2D eigenvalue weighted by molar-refractivity contribution is 5.88. The van der Waals surface area contributed by atoms with Crippen molar-refractivity contribution in [3.8, 4) is 0 Å². The molecule has 4 aliphatic carbocycles. The van der Waals surface area contributed by atoms with E-state index in [4.69, 9.17) is 5.73 Å². The molecule has 0 amide bonds. The lowest BCUT2D eigenvalue weighted by molar-refractivity contribution is -0.158. The van der Waals surface area contributed by atoms with E-state index >= 15 is 0 Å². The van der Waals surface area contributed by atoms with Gasteiger partial charge < -0.3 is 5.73 Å². The van der Waals surface area contributed by atoms with E-state index in [1.807, 2.05) is 0 Å². The van der Waals surface area contributed by atoms with Crippen molar-refractivity contribution in [2.45, 2.75) is 90.9 Å². The van der Waals surface area contributed by atoms with Crippen molar-refractivity contribution in [3.63, 3.8) is 0 Å². The Morgan fingerprint density at radius 3 is 2.54 bits per heavy atom. The standard InChI is InChI=1S/C24H39NO2.ClH/c1-23-11-9-16(6-4-3-5-13-25)14-20(23)21(26)15-17-18-7-8-22(27)24(18,2)12-10-19(17)23;/h16-20H,3-15,25H2,1-2H3;1H/t16?,17-,18-,19-,20+,23+,24-;/m0./s1. The molecule has 7 atom stereocenters. The van der Waals surface area contributed by atoms with Crippen LogP contribution in [0.3, 0.4) is 0 Å². The van der Waals surface area contributed by atoms with Crippen LogP contribution in [0.1, 0.15) is 90.9 Å². The van der Waals surface area contributed by atoms with Gasteiger partial charge in [-0.15, -0.1) is 12.4 Å². The minimum atomic E-state index is -0.120. The predicted octanol–water partition coefficient (Wildman–Crippen LogP) is 5.33. The number of hydrogen-bond donors (Lipinski definition) is 1. The highest BCUT2D eigenvalue weighted by atomic mass is 35.5. The Morgan fingerprint density at radius 1 is 1.00 bits per heavy atom. The highest BCUT2D eigenvalue weighted by Gasteiger charge is 2.62. The molecular formula is C24H40ClNO2. The number of fused-ring (bicyclic) bond motifs is 5. The van der Waals surface area contributed by atoms with Crippen LogP contribution in [-0.4, -0.2) is 18.1 Å². The summed E-state index contributed by atoms with van der Waals surface area (Å²) < 4.78 is 0. The molecule has 2 N–H and O–H groups in total. The number of nitrogens with two attached hydrogens (primary N) is 1. The first-order chi connectivity index (χ1) is 12.9. The summed E-state index contributed by atoms with van der Waals surface area (Å²) in [5.41, 5.74) is 5.70.